The van der Waals surface area contributed by atoms with Gasteiger partial charge in [-0.05, 0) is 53.9 Å². The lowest BCUT2D eigenvalue weighted by atomic mass is 10.0. The van der Waals surface area contributed by atoms with Crippen molar-refractivity contribution in [2.45, 2.75) is 90.4 Å². The molecule has 0 radical (unpaired) electrons. The summed E-state index contributed by atoms with van der Waals surface area (Å²) in [7, 11) is 0. The molecule has 0 bridgehead atoms. The number of carbonyl (C=O) groups excluding carboxylic acids is 1. The van der Waals surface area contributed by atoms with Crippen LogP contribution in [0.2, 0.25) is 0 Å². The highest BCUT2D eigenvalue weighted by atomic mass is 16.5. The molecule has 31 heavy (non-hydrogen) atoms. The monoisotopic (exact) mass is 422 g/mol. The fraction of sp³-hybridized carbons (Fsp3) is 0.536. The Bertz CT molecular complexity index is 840. The summed E-state index contributed by atoms with van der Waals surface area (Å²) < 4.78 is 5.90. The second-order valence-electron chi connectivity index (χ2n) is 8.86. The molecule has 1 aliphatic carbocycles. The third-order valence-electron chi connectivity index (χ3n) is 6.29. The van der Waals surface area contributed by atoms with E-state index in [4.69, 9.17) is 4.74 Å². The average molecular weight is 423 g/mol. The molecule has 0 fully saturated rings. The van der Waals surface area contributed by atoms with E-state index >= 15 is 0 Å². The van der Waals surface area contributed by atoms with Crippen molar-refractivity contribution in [2.75, 3.05) is 6.61 Å². The second kappa shape index (κ2) is 12.5. The highest BCUT2D eigenvalue weighted by molar-refractivity contribution is 6.22. The van der Waals surface area contributed by atoms with Gasteiger partial charge in [0.1, 0.15) is 11.5 Å². The molecule has 3 rings (SSSR count). The molecule has 1 aliphatic rings. The molecule has 0 unspecified atom stereocenters. The number of fused-ring (bicyclic) bond motifs is 3. The van der Waals surface area contributed by atoms with Crippen LogP contribution in [0.3, 0.4) is 0 Å². The van der Waals surface area contributed by atoms with E-state index in [2.05, 4.69) is 6.92 Å². The fourth-order valence-electron chi connectivity index (χ4n) is 4.45. The molecule has 0 heterocycles. The van der Waals surface area contributed by atoms with Crippen molar-refractivity contribution in [1.82, 2.24) is 0 Å². The Morgan fingerprint density at radius 3 is 1.77 bits per heavy atom. The van der Waals surface area contributed by atoms with Gasteiger partial charge in [-0.15, -0.1) is 0 Å². The molecule has 0 aromatic heterocycles. The molecule has 2 aromatic carbocycles. The van der Waals surface area contributed by atoms with E-state index in [1.165, 1.54) is 77.0 Å². The summed E-state index contributed by atoms with van der Waals surface area (Å²) in [4.78, 5) is 12.6. The maximum Gasteiger partial charge on any atom is 0.194 e. The Hall–Kier alpha value is -2.29. The molecule has 0 saturated heterocycles. The average Bonchev–Trinajstić information content (AvgIpc) is 3.05. The highest BCUT2D eigenvalue weighted by Crippen LogP contribution is 2.39. The van der Waals surface area contributed by atoms with Crippen molar-refractivity contribution < 1.29 is 14.6 Å². The number of aromatic hydroxyl groups is 1. The highest BCUT2D eigenvalue weighted by Gasteiger charge is 2.27. The van der Waals surface area contributed by atoms with E-state index in [1.807, 2.05) is 24.3 Å². The van der Waals surface area contributed by atoms with Gasteiger partial charge in [-0.3, -0.25) is 4.79 Å². The van der Waals surface area contributed by atoms with E-state index in [-0.39, 0.29) is 11.5 Å². The predicted molar refractivity (Wildman–Crippen MR) is 128 cm³/mol. The van der Waals surface area contributed by atoms with Crippen LogP contribution in [0.15, 0.2) is 36.4 Å². The summed E-state index contributed by atoms with van der Waals surface area (Å²) in [6.07, 6.45) is 17.4. The number of rotatable bonds is 15. The summed E-state index contributed by atoms with van der Waals surface area (Å²) >= 11 is 0. The normalized spacial score (nSPS) is 12.1. The van der Waals surface area contributed by atoms with Crippen LogP contribution in [0.4, 0.5) is 0 Å². The van der Waals surface area contributed by atoms with Crippen molar-refractivity contribution >= 4 is 5.78 Å². The summed E-state index contributed by atoms with van der Waals surface area (Å²) in [5.74, 6) is 0.842. The molecule has 3 heteroatoms. The third kappa shape index (κ3) is 6.85. The Morgan fingerprint density at radius 1 is 0.645 bits per heavy atom. The third-order valence-corrected chi connectivity index (χ3v) is 6.29. The van der Waals surface area contributed by atoms with Crippen LogP contribution in [0.25, 0.3) is 11.1 Å². The topological polar surface area (TPSA) is 46.5 Å². The van der Waals surface area contributed by atoms with Crippen molar-refractivity contribution in [3.8, 4) is 22.6 Å². The lowest BCUT2D eigenvalue weighted by Crippen LogP contribution is -1.99. The van der Waals surface area contributed by atoms with Gasteiger partial charge in [0, 0.05) is 11.1 Å². The number of ether oxygens (including phenoxy) is 1. The van der Waals surface area contributed by atoms with Gasteiger partial charge in [0.25, 0.3) is 0 Å². The molecule has 1 N–H and O–H groups in total. The first kappa shape index (κ1) is 23.4. The summed E-state index contributed by atoms with van der Waals surface area (Å²) in [6, 6.07) is 10.7. The molecule has 0 saturated carbocycles. The zero-order valence-corrected chi connectivity index (χ0v) is 19.1. The predicted octanol–water partition coefficient (Wildman–Crippen LogP) is 8.07. The number of hydrogen-bond donors (Lipinski definition) is 1. The largest absolute Gasteiger partial charge is 0.508 e. The van der Waals surface area contributed by atoms with Gasteiger partial charge < -0.3 is 9.84 Å². The number of unbranched alkanes of at least 4 members (excludes halogenated alkanes) is 12. The zero-order chi connectivity index (χ0) is 21.9. The number of phenols is 1. The van der Waals surface area contributed by atoms with E-state index in [0.29, 0.717) is 17.7 Å². The molecule has 3 nitrogen and oxygen atoms in total. The van der Waals surface area contributed by atoms with Crippen molar-refractivity contribution in [2.24, 2.45) is 0 Å². The lowest BCUT2D eigenvalue weighted by Gasteiger charge is -2.08. The zero-order valence-electron chi connectivity index (χ0n) is 19.1. The number of hydrogen-bond acceptors (Lipinski definition) is 3. The van der Waals surface area contributed by atoms with E-state index < -0.39 is 0 Å². The van der Waals surface area contributed by atoms with Crippen molar-refractivity contribution in [3.63, 3.8) is 0 Å². The van der Waals surface area contributed by atoms with E-state index in [0.717, 1.165) is 23.3 Å². The maximum absolute atomic E-state index is 12.6. The SMILES string of the molecule is CCCCCCCCCCCCCCCOc1ccc2c(c1)C(=O)c1cc(O)ccc1-2. The van der Waals surface area contributed by atoms with Gasteiger partial charge in [-0.1, -0.05) is 84.0 Å². The van der Waals surface area contributed by atoms with Gasteiger partial charge in [-0.2, -0.15) is 0 Å². The smallest absolute Gasteiger partial charge is 0.194 e. The Morgan fingerprint density at radius 2 is 1.16 bits per heavy atom. The second-order valence-corrected chi connectivity index (χ2v) is 8.86. The number of phenolic OH excluding ortho intramolecular Hbond substituents is 1. The van der Waals surface area contributed by atoms with Gasteiger partial charge in [-0.25, -0.2) is 0 Å². The van der Waals surface area contributed by atoms with Crippen LogP contribution in [-0.2, 0) is 0 Å². The van der Waals surface area contributed by atoms with Crippen LogP contribution in [0.1, 0.15) is 106 Å². The van der Waals surface area contributed by atoms with Crippen LogP contribution in [0, 0.1) is 0 Å². The summed E-state index contributed by atoms with van der Waals surface area (Å²) in [5, 5.41) is 9.67. The van der Waals surface area contributed by atoms with Gasteiger partial charge >= 0.3 is 0 Å². The molecule has 168 valence electrons. The fourth-order valence-corrected chi connectivity index (χ4v) is 4.45. The first-order chi connectivity index (χ1) is 15.2. The Balaban J connectivity index is 1.26. The Kier molecular flexibility index (Phi) is 9.45. The first-order valence-electron chi connectivity index (χ1n) is 12.4. The van der Waals surface area contributed by atoms with Crippen LogP contribution < -0.4 is 4.74 Å². The van der Waals surface area contributed by atoms with Gasteiger partial charge in [0.15, 0.2) is 5.78 Å². The minimum Gasteiger partial charge on any atom is -0.508 e. The number of benzene rings is 2. The molecular formula is C28H38O3. The summed E-state index contributed by atoms with van der Waals surface area (Å²) in [5.41, 5.74) is 3.06. The lowest BCUT2D eigenvalue weighted by molar-refractivity contribution is 0.104. The number of carbonyl (C=O) groups is 1. The summed E-state index contributed by atoms with van der Waals surface area (Å²) in [6.45, 7) is 2.96. The Labute approximate surface area is 187 Å². The van der Waals surface area contributed by atoms with Gasteiger partial charge in [0.2, 0.25) is 0 Å². The molecule has 0 spiro atoms. The first-order valence-corrected chi connectivity index (χ1v) is 12.4. The molecule has 0 atom stereocenters. The van der Waals surface area contributed by atoms with Crippen molar-refractivity contribution in [1.29, 1.82) is 0 Å². The quantitative estimate of drug-likeness (QED) is 0.252. The molecule has 2 aromatic rings. The van der Waals surface area contributed by atoms with Crippen LogP contribution >= 0.6 is 0 Å². The van der Waals surface area contributed by atoms with E-state index in [9.17, 15) is 9.90 Å². The molecule has 0 aliphatic heterocycles. The van der Waals surface area contributed by atoms with Gasteiger partial charge in [0.05, 0.1) is 6.61 Å². The minimum absolute atomic E-state index is 0.0349. The van der Waals surface area contributed by atoms with Crippen LogP contribution in [0.5, 0.6) is 11.5 Å². The van der Waals surface area contributed by atoms with Crippen molar-refractivity contribution in [3.05, 3.63) is 47.5 Å². The maximum atomic E-state index is 12.6. The number of ketones is 1. The van der Waals surface area contributed by atoms with E-state index in [1.54, 1.807) is 12.1 Å². The minimum atomic E-state index is -0.0349. The molecule has 0 amide bonds. The standard InChI is InChI=1S/C28H38O3/c1-2-3-4-5-6-7-8-9-10-11-12-13-14-19-31-23-16-18-25-24-17-15-22(29)20-26(24)28(30)27(25)21-23/h15-18,20-21,29H,2-14,19H2,1H3. The molecular weight excluding hydrogens is 384 g/mol. The van der Waals surface area contributed by atoms with Crippen LogP contribution in [-0.4, -0.2) is 17.5 Å².